The third-order valence-electron chi connectivity index (χ3n) is 5.84. The molecule has 1 N–H and O–H groups in total. The van der Waals surface area contributed by atoms with Gasteiger partial charge >= 0.3 is 0 Å². The van der Waals surface area contributed by atoms with Crippen molar-refractivity contribution in [3.05, 3.63) is 47.5 Å². The van der Waals surface area contributed by atoms with Crippen molar-refractivity contribution in [2.24, 2.45) is 0 Å². The summed E-state index contributed by atoms with van der Waals surface area (Å²) in [7, 11) is 0. The minimum atomic E-state index is -0.142. The normalized spacial score (nSPS) is 16.6. The van der Waals surface area contributed by atoms with Gasteiger partial charge in [0.05, 0.1) is 5.69 Å². The molecule has 2 heterocycles. The first kappa shape index (κ1) is 18.7. The Bertz CT molecular complexity index is 853. The van der Waals surface area contributed by atoms with E-state index in [1.54, 1.807) is 4.90 Å². The fourth-order valence-electron chi connectivity index (χ4n) is 4.38. The highest BCUT2D eigenvalue weighted by Crippen LogP contribution is 2.25. The van der Waals surface area contributed by atoms with Gasteiger partial charge < -0.3 is 14.8 Å². The molecule has 0 unspecified atom stereocenters. The van der Waals surface area contributed by atoms with E-state index in [4.69, 9.17) is 0 Å². The molecular weight excluding hydrogens is 352 g/mol. The summed E-state index contributed by atoms with van der Waals surface area (Å²) in [5.74, 6) is 0.119. The molecule has 1 aromatic heterocycles. The van der Waals surface area contributed by atoms with Crippen LogP contribution in [0.3, 0.4) is 0 Å². The predicted molar refractivity (Wildman–Crippen MR) is 109 cm³/mol. The average Bonchev–Trinajstić information content (AvgIpc) is 3.37. The van der Waals surface area contributed by atoms with E-state index in [0.29, 0.717) is 18.1 Å². The van der Waals surface area contributed by atoms with Crippen molar-refractivity contribution in [1.29, 1.82) is 0 Å². The maximum atomic E-state index is 13.3. The summed E-state index contributed by atoms with van der Waals surface area (Å²) in [6.45, 7) is 3.25. The van der Waals surface area contributed by atoms with E-state index in [1.165, 1.54) is 12.8 Å². The molecule has 0 atom stereocenters. The van der Waals surface area contributed by atoms with Crippen LogP contribution in [0.1, 0.15) is 72.3 Å². The molecule has 28 heavy (non-hydrogen) atoms. The first-order valence-electron chi connectivity index (χ1n) is 10.5. The third kappa shape index (κ3) is 3.55. The molecule has 2 aliphatic rings. The molecular formula is C22H28N4O2. The minimum absolute atomic E-state index is 0.126. The molecule has 1 aliphatic heterocycles. The zero-order chi connectivity index (χ0) is 19.5. The number of para-hydroxylation sites is 1. The molecule has 4 rings (SSSR count). The van der Waals surface area contributed by atoms with Crippen LogP contribution in [-0.4, -0.2) is 34.0 Å². The lowest BCUT2D eigenvalue weighted by Crippen LogP contribution is -2.34. The van der Waals surface area contributed by atoms with Crippen LogP contribution in [0.25, 0.3) is 0 Å². The average molecular weight is 380 g/mol. The minimum Gasteiger partial charge on any atom is -0.348 e. The van der Waals surface area contributed by atoms with Crippen molar-refractivity contribution in [1.82, 2.24) is 14.9 Å². The Morgan fingerprint density at radius 2 is 1.89 bits per heavy atom. The van der Waals surface area contributed by atoms with Crippen LogP contribution >= 0.6 is 0 Å². The van der Waals surface area contributed by atoms with Gasteiger partial charge in [0.2, 0.25) is 5.82 Å². The molecule has 6 heteroatoms. The number of carbonyl (C=O) groups is 2. The van der Waals surface area contributed by atoms with Gasteiger partial charge in [-0.25, -0.2) is 4.98 Å². The highest BCUT2D eigenvalue weighted by atomic mass is 16.2. The van der Waals surface area contributed by atoms with E-state index in [2.05, 4.69) is 10.3 Å². The monoisotopic (exact) mass is 380 g/mol. The molecule has 1 saturated carbocycles. The number of fused-ring (bicyclic) bond motifs is 1. The smallest absolute Gasteiger partial charge is 0.294 e. The molecule has 6 nitrogen and oxygen atoms in total. The number of nitrogens with zero attached hydrogens (tertiary/aromatic N) is 3. The van der Waals surface area contributed by atoms with Crippen LogP contribution in [0.2, 0.25) is 0 Å². The number of amides is 2. The van der Waals surface area contributed by atoms with Crippen LogP contribution in [0.5, 0.6) is 0 Å². The molecule has 0 spiro atoms. The molecule has 2 amide bonds. The third-order valence-corrected chi connectivity index (χ3v) is 5.84. The van der Waals surface area contributed by atoms with Crippen LogP contribution < -0.4 is 10.2 Å². The van der Waals surface area contributed by atoms with Gasteiger partial charge in [-0.05, 0) is 51.2 Å². The molecule has 1 aromatic carbocycles. The van der Waals surface area contributed by atoms with Gasteiger partial charge in [0.25, 0.3) is 11.8 Å². The number of carbonyl (C=O) groups excluding carboxylic acids is 2. The van der Waals surface area contributed by atoms with E-state index in [1.807, 2.05) is 41.8 Å². The Kier molecular flexibility index (Phi) is 5.46. The number of aromatic nitrogens is 2. The second-order valence-corrected chi connectivity index (χ2v) is 7.68. The van der Waals surface area contributed by atoms with Gasteiger partial charge in [0.1, 0.15) is 5.69 Å². The van der Waals surface area contributed by atoms with Gasteiger partial charge in [-0.15, -0.1) is 0 Å². The van der Waals surface area contributed by atoms with Gasteiger partial charge in [-0.3, -0.25) is 9.59 Å². The van der Waals surface area contributed by atoms with Crippen molar-refractivity contribution < 1.29 is 9.59 Å². The van der Waals surface area contributed by atoms with E-state index >= 15 is 0 Å². The number of rotatable bonds is 5. The van der Waals surface area contributed by atoms with Crippen molar-refractivity contribution in [3.63, 3.8) is 0 Å². The van der Waals surface area contributed by atoms with Crippen molar-refractivity contribution in [3.8, 4) is 0 Å². The van der Waals surface area contributed by atoms with Gasteiger partial charge in [-0.2, -0.15) is 0 Å². The lowest BCUT2D eigenvalue weighted by Gasteiger charge is -2.22. The SMILES string of the molecule is CCN(C(=O)c1nc(C(=O)NC2CCCC2)c2n1CCCC2)c1ccccc1. The zero-order valence-corrected chi connectivity index (χ0v) is 16.5. The summed E-state index contributed by atoms with van der Waals surface area (Å²) < 4.78 is 1.97. The fourth-order valence-corrected chi connectivity index (χ4v) is 4.38. The molecule has 1 aliphatic carbocycles. The first-order valence-corrected chi connectivity index (χ1v) is 10.5. The Labute approximate surface area is 165 Å². The highest BCUT2D eigenvalue weighted by Gasteiger charge is 2.31. The maximum absolute atomic E-state index is 13.3. The fraction of sp³-hybridized carbons (Fsp3) is 0.500. The summed E-state index contributed by atoms with van der Waals surface area (Å²) in [5, 5.41) is 3.13. The lowest BCUT2D eigenvalue weighted by molar-refractivity contribution is 0.0931. The van der Waals surface area contributed by atoms with Gasteiger partial charge in [0, 0.05) is 24.8 Å². The Morgan fingerprint density at radius 1 is 1.14 bits per heavy atom. The van der Waals surface area contributed by atoms with Crippen molar-refractivity contribution in [2.75, 3.05) is 11.4 Å². The number of nitrogens with one attached hydrogen (secondary N) is 1. The van der Waals surface area contributed by atoms with Crippen LogP contribution in [0, 0.1) is 0 Å². The van der Waals surface area contributed by atoms with E-state index in [9.17, 15) is 9.59 Å². The van der Waals surface area contributed by atoms with Crippen LogP contribution in [0.15, 0.2) is 30.3 Å². The predicted octanol–water partition coefficient (Wildman–Crippen LogP) is 3.56. The van der Waals surface area contributed by atoms with Crippen molar-refractivity contribution in [2.45, 2.75) is 64.5 Å². The first-order chi connectivity index (χ1) is 13.7. The molecule has 0 radical (unpaired) electrons. The second-order valence-electron chi connectivity index (χ2n) is 7.68. The quantitative estimate of drug-likeness (QED) is 0.862. The van der Waals surface area contributed by atoms with Crippen LogP contribution in [-0.2, 0) is 13.0 Å². The highest BCUT2D eigenvalue weighted by molar-refractivity contribution is 6.05. The molecule has 1 fully saturated rings. The maximum Gasteiger partial charge on any atom is 0.294 e. The summed E-state index contributed by atoms with van der Waals surface area (Å²) in [6, 6.07) is 9.87. The number of hydrogen-bond acceptors (Lipinski definition) is 3. The number of imidazole rings is 1. The summed E-state index contributed by atoms with van der Waals surface area (Å²) in [4.78, 5) is 32.6. The zero-order valence-electron chi connectivity index (χ0n) is 16.5. The molecule has 2 aromatic rings. The molecule has 148 valence electrons. The topological polar surface area (TPSA) is 67.2 Å². The van der Waals surface area contributed by atoms with Gasteiger partial charge in [-0.1, -0.05) is 31.0 Å². The molecule has 0 saturated heterocycles. The number of anilines is 1. The summed E-state index contributed by atoms with van der Waals surface area (Å²) >= 11 is 0. The lowest BCUT2D eigenvalue weighted by atomic mass is 10.1. The van der Waals surface area contributed by atoms with Gasteiger partial charge in [0.15, 0.2) is 0 Å². The Morgan fingerprint density at radius 3 is 2.61 bits per heavy atom. The standard InChI is InChI=1S/C22H28N4O2/c1-2-25(17-12-4-3-5-13-17)22(28)20-24-19(18-14-8-9-15-26(18)20)21(27)23-16-10-6-7-11-16/h3-5,12-13,16H,2,6-11,14-15H2,1H3,(H,23,27). The number of hydrogen-bond donors (Lipinski definition) is 1. The second kappa shape index (κ2) is 8.17. The Hall–Kier alpha value is -2.63. The van der Waals surface area contributed by atoms with E-state index in [0.717, 1.165) is 50.0 Å². The van der Waals surface area contributed by atoms with Crippen LogP contribution in [0.4, 0.5) is 5.69 Å². The summed E-state index contributed by atoms with van der Waals surface area (Å²) in [5.41, 5.74) is 2.20. The number of benzene rings is 1. The van der Waals surface area contributed by atoms with E-state index < -0.39 is 0 Å². The Balaban J connectivity index is 1.66. The summed E-state index contributed by atoms with van der Waals surface area (Å²) in [6.07, 6.45) is 7.22. The van der Waals surface area contributed by atoms with E-state index in [-0.39, 0.29) is 17.9 Å². The largest absolute Gasteiger partial charge is 0.348 e. The van der Waals surface area contributed by atoms with Crippen molar-refractivity contribution >= 4 is 17.5 Å². The molecule has 0 bridgehead atoms.